The van der Waals surface area contributed by atoms with Gasteiger partial charge in [-0.15, -0.1) is 11.6 Å². The first-order chi connectivity index (χ1) is 7.22. The highest BCUT2D eigenvalue weighted by Gasteiger charge is 2.12. The molecule has 1 amide bonds. The summed E-state index contributed by atoms with van der Waals surface area (Å²) in [6.45, 7) is 2.41. The minimum absolute atomic E-state index is 0.0510. The fourth-order valence-electron chi connectivity index (χ4n) is 1.32. The average molecular weight is 223 g/mol. The molecule has 4 heteroatoms. The van der Waals surface area contributed by atoms with Crippen LogP contribution < -0.4 is 4.90 Å². The molecule has 0 radical (unpaired) electrons. The predicted molar refractivity (Wildman–Crippen MR) is 59.9 cm³/mol. The quantitative estimate of drug-likeness (QED) is 0.736. The van der Waals surface area contributed by atoms with Crippen molar-refractivity contribution in [1.82, 2.24) is 0 Å². The van der Waals surface area contributed by atoms with E-state index in [9.17, 15) is 4.79 Å². The second-order valence-electron chi connectivity index (χ2n) is 2.93. The van der Waals surface area contributed by atoms with Gasteiger partial charge in [-0.05, 0) is 25.1 Å². The van der Waals surface area contributed by atoms with Gasteiger partial charge in [0, 0.05) is 12.2 Å². The average Bonchev–Trinajstić information content (AvgIpc) is 2.30. The topological polar surface area (TPSA) is 44.1 Å². The molecule has 3 nitrogen and oxygen atoms in total. The fraction of sp³-hybridized carbons (Fsp3) is 0.273. The normalized spacial score (nSPS) is 9.40. The Hall–Kier alpha value is -1.53. The van der Waals surface area contributed by atoms with Gasteiger partial charge in [-0.3, -0.25) is 4.79 Å². The summed E-state index contributed by atoms with van der Waals surface area (Å²) in [6, 6.07) is 8.94. The molecular formula is C11H11ClN2O. The van der Waals surface area contributed by atoms with Crippen molar-refractivity contribution in [2.45, 2.75) is 6.92 Å². The highest BCUT2D eigenvalue weighted by molar-refractivity contribution is 6.29. The molecule has 0 N–H and O–H groups in total. The molecule has 78 valence electrons. The zero-order valence-electron chi connectivity index (χ0n) is 8.40. The predicted octanol–water partition coefficient (Wildman–Crippen LogP) is 2.15. The molecule has 0 aliphatic rings. The third kappa shape index (κ3) is 2.71. The third-order valence-corrected chi connectivity index (χ3v) is 2.25. The number of rotatable bonds is 3. The molecule has 1 aromatic rings. The first-order valence-electron chi connectivity index (χ1n) is 4.59. The molecular weight excluding hydrogens is 212 g/mol. The highest BCUT2D eigenvalue weighted by atomic mass is 35.5. The summed E-state index contributed by atoms with van der Waals surface area (Å²) in [5, 5.41) is 8.73. The van der Waals surface area contributed by atoms with Crippen molar-refractivity contribution >= 4 is 23.2 Å². The lowest BCUT2D eigenvalue weighted by Crippen LogP contribution is -2.31. The Kier molecular flexibility index (Phi) is 4.14. The maximum Gasteiger partial charge on any atom is 0.241 e. The van der Waals surface area contributed by atoms with E-state index in [-0.39, 0.29) is 11.8 Å². The molecule has 0 bridgehead atoms. The monoisotopic (exact) mass is 222 g/mol. The molecule has 0 spiro atoms. The minimum Gasteiger partial charge on any atom is -0.312 e. The van der Waals surface area contributed by atoms with Crippen LogP contribution in [0.5, 0.6) is 0 Å². The van der Waals surface area contributed by atoms with Crippen molar-refractivity contribution in [2.75, 3.05) is 17.3 Å². The molecule has 0 unspecified atom stereocenters. The van der Waals surface area contributed by atoms with Crippen LogP contribution in [0.1, 0.15) is 12.5 Å². The van der Waals surface area contributed by atoms with E-state index < -0.39 is 0 Å². The van der Waals surface area contributed by atoms with Crippen LogP contribution in [-0.2, 0) is 4.79 Å². The number of anilines is 1. The second kappa shape index (κ2) is 5.38. The van der Waals surface area contributed by atoms with Gasteiger partial charge in [0.15, 0.2) is 0 Å². The lowest BCUT2D eigenvalue weighted by Gasteiger charge is -2.19. The second-order valence-corrected chi connectivity index (χ2v) is 3.20. The Morgan fingerprint density at radius 1 is 1.60 bits per heavy atom. The zero-order chi connectivity index (χ0) is 11.3. The number of hydrogen-bond acceptors (Lipinski definition) is 2. The van der Waals surface area contributed by atoms with Gasteiger partial charge >= 0.3 is 0 Å². The van der Waals surface area contributed by atoms with Crippen LogP contribution in [0, 0.1) is 11.3 Å². The summed E-state index contributed by atoms with van der Waals surface area (Å²) < 4.78 is 0. The minimum atomic E-state index is -0.158. The Labute approximate surface area is 93.9 Å². The number of alkyl halides is 1. The van der Waals surface area contributed by atoms with Crippen molar-refractivity contribution < 1.29 is 4.79 Å². The molecule has 0 atom stereocenters. The molecule has 0 aliphatic heterocycles. The molecule has 1 rings (SSSR count). The van der Waals surface area contributed by atoms with Crippen LogP contribution in [-0.4, -0.2) is 18.3 Å². The summed E-state index contributed by atoms with van der Waals surface area (Å²) >= 11 is 5.49. The zero-order valence-corrected chi connectivity index (χ0v) is 9.16. The summed E-state index contributed by atoms with van der Waals surface area (Å²) in [4.78, 5) is 13.0. The summed E-state index contributed by atoms with van der Waals surface area (Å²) in [5.41, 5.74) is 1.25. The lowest BCUT2D eigenvalue weighted by molar-refractivity contribution is -0.116. The number of nitrogens with zero attached hydrogens (tertiary/aromatic N) is 2. The number of carbonyl (C=O) groups is 1. The van der Waals surface area contributed by atoms with E-state index in [0.717, 1.165) is 0 Å². The van der Waals surface area contributed by atoms with Gasteiger partial charge in [-0.25, -0.2) is 0 Å². The molecule has 0 fully saturated rings. The van der Waals surface area contributed by atoms with Gasteiger partial charge in [0.2, 0.25) is 5.91 Å². The van der Waals surface area contributed by atoms with Gasteiger partial charge in [-0.1, -0.05) is 6.07 Å². The van der Waals surface area contributed by atoms with Crippen LogP contribution in [0.15, 0.2) is 24.3 Å². The van der Waals surface area contributed by atoms with Gasteiger partial charge in [0.25, 0.3) is 0 Å². The number of benzene rings is 1. The SMILES string of the molecule is CCN(C(=O)CCl)c1cccc(C#N)c1. The van der Waals surface area contributed by atoms with Crippen LogP contribution in [0.3, 0.4) is 0 Å². The maximum absolute atomic E-state index is 11.5. The summed E-state index contributed by atoms with van der Waals surface area (Å²) in [6.07, 6.45) is 0. The van der Waals surface area contributed by atoms with E-state index in [4.69, 9.17) is 16.9 Å². The first kappa shape index (κ1) is 11.5. The molecule has 0 aromatic heterocycles. The number of carbonyl (C=O) groups excluding carboxylic acids is 1. The van der Waals surface area contributed by atoms with E-state index in [2.05, 4.69) is 0 Å². The van der Waals surface area contributed by atoms with Gasteiger partial charge < -0.3 is 4.90 Å². The van der Waals surface area contributed by atoms with Crippen molar-refractivity contribution in [3.63, 3.8) is 0 Å². The van der Waals surface area contributed by atoms with Gasteiger partial charge in [0.1, 0.15) is 5.88 Å². The Balaban J connectivity index is 3.02. The lowest BCUT2D eigenvalue weighted by atomic mass is 10.2. The molecule has 0 aliphatic carbocycles. The Morgan fingerprint density at radius 2 is 2.33 bits per heavy atom. The largest absolute Gasteiger partial charge is 0.312 e. The van der Waals surface area contributed by atoms with E-state index in [0.29, 0.717) is 17.8 Å². The highest BCUT2D eigenvalue weighted by Crippen LogP contribution is 2.16. The molecule has 1 aromatic carbocycles. The van der Waals surface area contributed by atoms with E-state index in [1.165, 1.54) is 0 Å². The van der Waals surface area contributed by atoms with Crippen LogP contribution in [0.4, 0.5) is 5.69 Å². The van der Waals surface area contributed by atoms with E-state index in [1.807, 2.05) is 13.0 Å². The van der Waals surface area contributed by atoms with Crippen LogP contribution >= 0.6 is 11.6 Å². The number of nitriles is 1. The van der Waals surface area contributed by atoms with Crippen molar-refractivity contribution in [3.05, 3.63) is 29.8 Å². The van der Waals surface area contributed by atoms with E-state index >= 15 is 0 Å². The van der Waals surface area contributed by atoms with Crippen LogP contribution in [0.2, 0.25) is 0 Å². The van der Waals surface area contributed by atoms with E-state index in [1.54, 1.807) is 29.2 Å². The standard InChI is InChI=1S/C11H11ClN2O/c1-2-14(11(15)7-12)10-5-3-4-9(6-10)8-13/h3-6H,2,7H2,1H3. The van der Waals surface area contributed by atoms with Crippen LogP contribution in [0.25, 0.3) is 0 Å². The first-order valence-corrected chi connectivity index (χ1v) is 5.12. The fourth-order valence-corrected chi connectivity index (χ4v) is 1.46. The smallest absolute Gasteiger partial charge is 0.241 e. The Bertz CT molecular complexity index is 398. The Morgan fingerprint density at radius 3 is 2.87 bits per heavy atom. The molecule has 0 saturated carbocycles. The summed E-state index contributed by atoms with van der Waals surface area (Å²) in [7, 11) is 0. The number of amides is 1. The molecule has 0 saturated heterocycles. The number of halogens is 1. The van der Waals surface area contributed by atoms with Gasteiger partial charge in [0.05, 0.1) is 11.6 Å². The third-order valence-electron chi connectivity index (χ3n) is 2.02. The van der Waals surface area contributed by atoms with Crippen molar-refractivity contribution in [1.29, 1.82) is 5.26 Å². The number of hydrogen-bond donors (Lipinski definition) is 0. The summed E-state index contributed by atoms with van der Waals surface area (Å²) in [5.74, 6) is -0.209. The maximum atomic E-state index is 11.5. The molecule has 0 heterocycles. The molecule has 15 heavy (non-hydrogen) atoms. The van der Waals surface area contributed by atoms with Crippen molar-refractivity contribution in [2.24, 2.45) is 0 Å². The van der Waals surface area contributed by atoms with Crippen molar-refractivity contribution in [3.8, 4) is 6.07 Å². The van der Waals surface area contributed by atoms with Gasteiger partial charge in [-0.2, -0.15) is 5.26 Å².